The van der Waals surface area contributed by atoms with Gasteiger partial charge in [-0.25, -0.2) is 4.98 Å². The van der Waals surface area contributed by atoms with E-state index in [0.717, 1.165) is 18.4 Å². The number of anilines is 1. The van der Waals surface area contributed by atoms with Crippen molar-refractivity contribution in [1.29, 1.82) is 0 Å². The van der Waals surface area contributed by atoms with Crippen LogP contribution in [0.4, 0.5) is 5.95 Å². The quantitative estimate of drug-likeness (QED) is 0.879. The van der Waals surface area contributed by atoms with E-state index < -0.39 is 0 Å². The number of hydrogen-bond acceptors (Lipinski definition) is 2. The first kappa shape index (κ1) is 12.0. The molecule has 1 heterocycles. The number of aromatic nitrogens is 2. The van der Waals surface area contributed by atoms with Crippen LogP contribution in [-0.4, -0.2) is 9.55 Å². The van der Waals surface area contributed by atoms with Crippen molar-refractivity contribution in [1.82, 2.24) is 9.55 Å². The van der Waals surface area contributed by atoms with Gasteiger partial charge in [0, 0.05) is 5.54 Å². The third-order valence-electron chi connectivity index (χ3n) is 3.37. The van der Waals surface area contributed by atoms with Gasteiger partial charge in [-0.1, -0.05) is 25.5 Å². The minimum absolute atomic E-state index is 0.0136. The van der Waals surface area contributed by atoms with Crippen LogP contribution in [0.15, 0.2) is 18.2 Å². The Hall–Kier alpha value is -1.51. The zero-order valence-electron chi connectivity index (χ0n) is 11.1. The normalized spacial score (nSPS) is 12.2. The van der Waals surface area contributed by atoms with Crippen LogP contribution in [0.3, 0.4) is 0 Å². The van der Waals surface area contributed by atoms with Crippen LogP contribution in [0.2, 0.25) is 0 Å². The van der Waals surface area contributed by atoms with Gasteiger partial charge in [-0.05, 0) is 38.8 Å². The molecule has 92 valence electrons. The molecule has 3 heteroatoms. The summed E-state index contributed by atoms with van der Waals surface area (Å²) in [7, 11) is 0. The molecule has 2 rings (SSSR count). The molecule has 0 atom stereocenters. The molecule has 0 radical (unpaired) electrons. The molecule has 1 aromatic heterocycles. The maximum Gasteiger partial charge on any atom is 0.201 e. The zero-order valence-corrected chi connectivity index (χ0v) is 11.1. The summed E-state index contributed by atoms with van der Waals surface area (Å²) < 4.78 is 2.18. The predicted octanol–water partition coefficient (Wildman–Crippen LogP) is 3.46. The van der Waals surface area contributed by atoms with Crippen molar-refractivity contribution in [3.63, 3.8) is 0 Å². The molecule has 0 aliphatic carbocycles. The van der Waals surface area contributed by atoms with Gasteiger partial charge in [0.15, 0.2) is 0 Å². The first-order valence-corrected chi connectivity index (χ1v) is 6.21. The summed E-state index contributed by atoms with van der Waals surface area (Å²) in [6, 6.07) is 6.17. The van der Waals surface area contributed by atoms with Gasteiger partial charge in [-0.2, -0.15) is 0 Å². The average molecular weight is 231 g/mol. The first-order chi connectivity index (χ1) is 7.97. The standard InChI is InChI=1S/C14H21N3/c1-5-9-14(3,4)17-12-10(2)7-6-8-11(12)16-13(17)15/h6-8H,5,9H2,1-4H3,(H2,15,16). The van der Waals surface area contributed by atoms with Crippen LogP contribution in [0.1, 0.15) is 39.2 Å². The van der Waals surface area contributed by atoms with Crippen molar-refractivity contribution < 1.29 is 0 Å². The summed E-state index contributed by atoms with van der Waals surface area (Å²) in [5.41, 5.74) is 9.50. The monoisotopic (exact) mass is 231 g/mol. The summed E-state index contributed by atoms with van der Waals surface area (Å²) in [6.07, 6.45) is 2.23. The Morgan fingerprint density at radius 3 is 2.71 bits per heavy atom. The van der Waals surface area contributed by atoms with E-state index in [9.17, 15) is 0 Å². The maximum atomic E-state index is 6.09. The Balaban J connectivity index is 2.72. The van der Waals surface area contributed by atoms with Gasteiger partial charge in [0.1, 0.15) is 0 Å². The number of hydrogen-bond donors (Lipinski definition) is 1. The molecule has 0 aliphatic heterocycles. The van der Waals surface area contributed by atoms with Crippen LogP contribution in [0.5, 0.6) is 0 Å². The van der Waals surface area contributed by atoms with E-state index in [1.165, 1.54) is 11.1 Å². The molecular weight excluding hydrogens is 210 g/mol. The van der Waals surface area contributed by atoms with Crippen LogP contribution < -0.4 is 5.73 Å². The minimum Gasteiger partial charge on any atom is -0.369 e. The largest absolute Gasteiger partial charge is 0.369 e. The lowest BCUT2D eigenvalue weighted by Crippen LogP contribution is -2.27. The highest BCUT2D eigenvalue weighted by Gasteiger charge is 2.24. The number of imidazole rings is 1. The average Bonchev–Trinajstić information content (AvgIpc) is 2.56. The number of fused-ring (bicyclic) bond motifs is 1. The van der Waals surface area contributed by atoms with E-state index >= 15 is 0 Å². The third kappa shape index (κ3) is 1.90. The van der Waals surface area contributed by atoms with E-state index in [4.69, 9.17) is 5.73 Å². The Morgan fingerprint density at radius 1 is 1.35 bits per heavy atom. The fourth-order valence-electron chi connectivity index (χ4n) is 2.65. The molecular formula is C14H21N3. The molecule has 0 fully saturated rings. The predicted molar refractivity (Wildman–Crippen MR) is 73.1 cm³/mol. The first-order valence-electron chi connectivity index (χ1n) is 6.21. The number of aryl methyl sites for hydroxylation is 1. The van der Waals surface area contributed by atoms with E-state index in [0.29, 0.717) is 5.95 Å². The van der Waals surface area contributed by atoms with Crippen LogP contribution >= 0.6 is 0 Å². The Morgan fingerprint density at radius 2 is 2.06 bits per heavy atom. The molecule has 3 nitrogen and oxygen atoms in total. The van der Waals surface area contributed by atoms with Crippen molar-refractivity contribution in [3.8, 4) is 0 Å². The lowest BCUT2D eigenvalue weighted by molar-refractivity contribution is 0.338. The number of para-hydroxylation sites is 1. The van der Waals surface area contributed by atoms with Gasteiger partial charge in [0.25, 0.3) is 0 Å². The highest BCUT2D eigenvalue weighted by molar-refractivity contribution is 5.81. The number of nitrogens with two attached hydrogens (primary N) is 1. The lowest BCUT2D eigenvalue weighted by Gasteiger charge is -2.28. The number of rotatable bonds is 3. The van der Waals surface area contributed by atoms with Gasteiger partial charge in [0.05, 0.1) is 11.0 Å². The van der Waals surface area contributed by atoms with E-state index in [1.807, 2.05) is 12.1 Å². The minimum atomic E-state index is 0.0136. The lowest BCUT2D eigenvalue weighted by atomic mass is 9.98. The number of nitrogens with zero attached hydrogens (tertiary/aromatic N) is 2. The molecule has 0 unspecified atom stereocenters. The maximum absolute atomic E-state index is 6.09. The van der Waals surface area contributed by atoms with Crippen molar-refractivity contribution in [3.05, 3.63) is 23.8 Å². The Kier molecular flexibility index (Phi) is 2.86. The highest BCUT2D eigenvalue weighted by atomic mass is 15.2. The second kappa shape index (κ2) is 4.06. The molecule has 2 N–H and O–H groups in total. The number of benzene rings is 1. The van der Waals surface area contributed by atoms with Crippen molar-refractivity contribution in [2.45, 2.75) is 46.1 Å². The topological polar surface area (TPSA) is 43.8 Å². The number of nitrogen functional groups attached to an aromatic ring is 1. The van der Waals surface area contributed by atoms with Crippen molar-refractivity contribution in [2.75, 3.05) is 5.73 Å². The van der Waals surface area contributed by atoms with Crippen LogP contribution in [0.25, 0.3) is 11.0 Å². The molecule has 0 bridgehead atoms. The molecule has 0 amide bonds. The van der Waals surface area contributed by atoms with Gasteiger partial charge in [0.2, 0.25) is 5.95 Å². The van der Waals surface area contributed by atoms with E-state index in [2.05, 4.69) is 43.3 Å². The van der Waals surface area contributed by atoms with Crippen LogP contribution in [0, 0.1) is 6.92 Å². The smallest absolute Gasteiger partial charge is 0.201 e. The van der Waals surface area contributed by atoms with Gasteiger partial charge >= 0.3 is 0 Å². The molecule has 0 saturated heterocycles. The molecule has 17 heavy (non-hydrogen) atoms. The van der Waals surface area contributed by atoms with Crippen molar-refractivity contribution in [2.24, 2.45) is 0 Å². The summed E-state index contributed by atoms with van der Waals surface area (Å²) in [4.78, 5) is 4.46. The Bertz CT molecular complexity index is 538. The summed E-state index contributed by atoms with van der Waals surface area (Å²) in [5, 5.41) is 0. The van der Waals surface area contributed by atoms with E-state index in [1.54, 1.807) is 0 Å². The summed E-state index contributed by atoms with van der Waals surface area (Å²) in [5.74, 6) is 0.618. The fraction of sp³-hybridized carbons (Fsp3) is 0.500. The third-order valence-corrected chi connectivity index (χ3v) is 3.37. The van der Waals surface area contributed by atoms with Gasteiger partial charge in [-0.3, -0.25) is 0 Å². The molecule has 0 saturated carbocycles. The molecule has 0 spiro atoms. The SMILES string of the molecule is CCCC(C)(C)n1c(N)nc2cccc(C)c21. The Labute approximate surface area is 103 Å². The van der Waals surface area contributed by atoms with Gasteiger partial charge in [-0.15, -0.1) is 0 Å². The highest BCUT2D eigenvalue weighted by Crippen LogP contribution is 2.31. The van der Waals surface area contributed by atoms with Crippen LogP contribution in [-0.2, 0) is 5.54 Å². The fourth-order valence-corrected chi connectivity index (χ4v) is 2.65. The second-order valence-corrected chi connectivity index (χ2v) is 5.31. The second-order valence-electron chi connectivity index (χ2n) is 5.31. The molecule has 0 aliphatic rings. The van der Waals surface area contributed by atoms with Crippen molar-refractivity contribution >= 4 is 17.0 Å². The molecule has 1 aromatic carbocycles. The molecule has 2 aromatic rings. The summed E-state index contributed by atoms with van der Waals surface area (Å²) >= 11 is 0. The zero-order chi connectivity index (χ0) is 12.6. The van der Waals surface area contributed by atoms with E-state index in [-0.39, 0.29) is 5.54 Å². The summed E-state index contributed by atoms with van der Waals surface area (Å²) in [6.45, 7) is 8.76. The van der Waals surface area contributed by atoms with Gasteiger partial charge < -0.3 is 10.3 Å².